The Kier molecular flexibility index (Phi) is 2.88. The summed E-state index contributed by atoms with van der Waals surface area (Å²) in [5, 5.41) is 0. The lowest BCUT2D eigenvalue weighted by Gasteiger charge is -2.08. The molecule has 0 aromatic heterocycles. The molecule has 1 rings (SSSR count). The minimum absolute atomic E-state index is 0.197. The number of hydrogen-bond acceptors (Lipinski definition) is 0. The molecule has 0 heterocycles. The van der Waals surface area contributed by atoms with Gasteiger partial charge in [0.2, 0.25) is 0 Å². The summed E-state index contributed by atoms with van der Waals surface area (Å²) < 4.78 is 60.2. The zero-order valence-electron chi connectivity index (χ0n) is 6.78. The third-order valence-electron chi connectivity index (χ3n) is 1.53. The first kappa shape index (κ1) is 10.7. The number of rotatable bonds is 1. The highest BCUT2D eigenvalue weighted by Crippen LogP contribution is 2.32. The molecule has 0 saturated heterocycles. The summed E-state index contributed by atoms with van der Waals surface area (Å²) in [5.74, 6) is 0. The van der Waals surface area contributed by atoms with Gasteiger partial charge in [-0.15, -0.1) is 0 Å². The van der Waals surface area contributed by atoms with Gasteiger partial charge in [0.1, 0.15) is 0 Å². The Bertz CT molecular complexity index is 346. The molecule has 0 bridgehead atoms. The number of halogens is 5. The number of alkyl halides is 3. The van der Waals surface area contributed by atoms with Crippen LogP contribution in [0.15, 0.2) is 30.3 Å². The third kappa shape index (κ3) is 2.55. The van der Waals surface area contributed by atoms with Crippen molar-refractivity contribution in [3.05, 3.63) is 41.5 Å². The fourth-order valence-electron chi connectivity index (χ4n) is 0.999. The first-order chi connectivity index (χ1) is 6.41. The molecular weight excluding hydrogens is 203 g/mol. The average Bonchev–Trinajstić information content (AvgIpc) is 2.01. The smallest absolute Gasteiger partial charge is 0.173 e. The van der Waals surface area contributed by atoms with E-state index in [1.807, 2.05) is 0 Å². The molecule has 1 aromatic rings. The molecule has 0 aliphatic rings. The molecule has 0 aliphatic carbocycles. The standard InChI is InChI=1S/C9H5F5/c10-8(11)5-6-3-1-2-4-7(6)9(12,13)14/h1-5H. The Balaban J connectivity index is 3.24. The van der Waals surface area contributed by atoms with Crippen LogP contribution in [0, 0.1) is 0 Å². The predicted molar refractivity (Wildman–Crippen MR) is 41.6 cm³/mol. The van der Waals surface area contributed by atoms with E-state index in [2.05, 4.69) is 0 Å². The van der Waals surface area contributed by atoms with Crippen molar-refractivity contribution in [3.8, 4) is 0 Å². The monoisotopic (exact) mass is 208 g/mol. The molecule has 0 spiro atoms. The second-order valence-corrected chi connectivity index (χ2v) is 2.52. The van der Waals surface area contributed by atoms with Gasteiger partial charge in [-0.25, -0.2) is 0 Å². The van der Waals surface area contributed by atoms with Gasteiger partial charge in [-0.05, 0) is 11.6 Å². The first-order valence-corrected chi connectivity index (χ1v) is 3.60. The van der Waals surface area contributed by atoms with Gasteiger partial charge in [0.15, 0.2) is 0 Å². The van der Waals surface area contributed by atoms with Gasteiger partial charge in [-0.2, -0.15) is 22.0 Å². The molecule has 0 atom stereocenters. The topological polar surface area (TPSA) is 0 Å². The molecule has 5 heteroatoms. The lowest BCUT2D eigenvalue weighted by molar-refractivity contribution is -0.137. The van der Waals surface area contributed by atoms with Gasteiger partial charge in [-0.1, -0.05) is 18.2 Å². The van der Waals surface area contributed by atoms with Crippen molar-refractivity contribution < 1.29 is 22.0 Å². The largest absolute Gasteiger partial charge is 0.416 e. The molecule has 0 unspecified atom stereocenters. The van der Waals surface area contributed by atoms with E-state index in [-0.39, 0.29) is 6.08 Å². The van der Waals surface area contributed by atoms with Crippen molar-refractivity contribution in [2.24, 2.45) is 0 Å². The fourth-order valence-corrected chi connectivity index (χ4v) is 0.999. The maximum Gasteiger partial charge on any atom is 0.416 e. The van der Waals surface area contributed by atoms with Crippen molar-refractivity contribution in [1.82, 2.24) is 0 Å². The molecule has 14 heavy (non-hydrogen) atoms. The summed E-state index contributed by atoms with van der Waals surface area (Å²) in [6.45, 7) is 0. The molecule has 0 saturated carbocycles. The maximum atomic E-state index is 12.2. The van der Waals surface area contributed by atoms with Crippen molar-refractivity contribution in [3.63, 3.8) is 0 Å². The number of hydrogen-bond donors (Lipinski definition) is 0. The molecule has 0 N–H and O–H groups in total. The second kappa shape index (κ2) is 3.77. The quantitative estimate of drug-likeness (QED) is 0.613. The summed E-state index contributed by atoms with van der Waals surface area (Å²) in [7, 11) is 0. The Morgan fingerprint density at radius 2 is 1.64 bits per heavy atom. The van der Waals surface area contributed by atoms with Gasteiger partial charge >= 0.3 is 6.18 Å². The van der Waals surface area contributed by atoms with Crippen molar-refractivity contribution >= 4 is 6.08 Å². The van der Waals surface area contributed by atoms with Crippen LogP contribution < -0.4 is 0 Å². The van der Waals surface area contributed by atoms with Crippen molar-refractivity contribution in [2.75, 3.05) is 0 Å². The van der Waals surface area contributed by atoms with E-state index in [4.69, 9.17) is 0 Å². The van der Waals surface area contributed by atoms with E-state index in [1.165, 1.54) is 6.07 Å². The molecule has 76 valence electrons. The molecule has 0 radical (unpaired) electrons. The normalized spacial score (nSPS) is 11.2. The molecule has 1 aromatic carbocycles. The van der Waals surface area contributed by atoms with Crippen LogP contribution in [-0.2, 0) is 6.18 Å². The van der Waals surface area contributed by atoms with Crippen LogP contribution in [0.4, 0.5) is 22.0 Å². The zero-order chi connectivity index (χ0) is 10.8. The minimum atomic E-state index is -4.61. The van der Waals surface area contributed by atoms with E-state index >= 15 is 0 Å². The Morgan fingerprint density at radius 1 is 1.07 bits per heavy atom. The highest BCUT2D eigenvalue weighted by molar-refractivity contribution is 5.55. The van der Waals surface area contributed by atoms with Gasteiger partial charge in [0.25, 0.3) is 6.08 Å². The Labute approximate surface area is 76.7 Å². The summed E-state index contributed by atoms with van der Waals surface area (Å²) >= 11 is 0. The van der Waals surface area contributed by atoms with Crippen LogP contribution in [0.5, 0.6) is 0 Å². The van der Waals surface area contributed by atoms with Crippen molar-refractivity contribution in [2.45, 2.75) is 6.18 Å². The Hall–Kier alpha value is -1.39. The predicted octanol–water partition coefficient (Wildman–Crippen LogP) is 3.94. The van der Waals surface area contributed by atoms with E-state index in [0.717, 1.165) is 18.2 Å². The molecule has 0 aliphatic heterocycles. The zero-order valence-corrected chi connectivity index (χ0v) is 6.78. The van der Waals surface area contributed by atoms with Crippen LogP contribution in [0.25, 0.3) is 6.08 Å². The van der Waals surface area contributed by atoms with Crippen LogP contribution in [-0.4, -0.2) is 0 Å². The van der Waals surface area contributed by atoms with E-state index in [0.29, 0.717) is 0 Å². The van der Waals surface area contributed by atoms with Crippen molar-refractivity contribution in [1.29, 1.82) is 0 Å². The molecular formula is C9H5F5. The van der Waals surface area contributed by atoms with Gasteiger partial charge in [-0.3, -0.25) is 0 Å². The second-order valence-electron chi connectivity index (χ2n) is 2.52. The van der Waals surface area contributed by atoms with E-state index < -0.39 is 23.4 Å². The van der Waals surface area contributed by atoms with E-state index in [9.17, 15) is 22.0 Å². The summed E-state index contributed by atoms with van der Waals surface area (Å²) in [5.41, 5.74) is -1.59. The maximum absolute atomic E-state index is 12.2. The van der Waals surface area contributed by atoms with Crippen LogP contribution in [0.3, 0.4) is 0 Å². The summed E-state index contributed by atoms with van der Waals surface area (Å²) in [6.07, 6.45) is -6.56. The molecule has 0 amide bonds. The number of benzene rings is 1. The fraction of sp³-hybridized carbons (Fsp3) is 0.111. The lowest BCUT2D eigenvalue weighted by Crippen LogP contribution is -2.06. The first-order valence-electron chi connectivity index (χ1n) is 3.60. The minimum Gasteiger partial charge on any atom is -0.173 e. The van der Waals surface area contributed by atoms with Crippen LogP contribution >= 0.6 is 0 Å². The highest BCUT2D eigenvalue weighted by Gasteiger charge is 2.32. The third-order valence-corrected chi connectivity index (χ3v) is 1.53. The summed E-state index contributed by atoms with van der Waals surface area (Å²) in [4.78, 5) is 0. The van der Waals surface area contributed by atoms with Crippen LogP contribution in [0.1, 0.15) is 11.1 Å². The average molecular weight is 208 g/mol. The van der Waals surface area contributed by atoms with Crippen LogP contribution in [0.2, 0.25) is 0 Å². The molecule has 0 fully saturated rings. The van der Waals surface area contributed by atoms with Gasteiger partial charge < -0.3 is 0 Å². The SMILES string of the molecule is FC(F)=Cc1ccccc1C(F)(F)F. The summed E-state index contributed by atoms with van der Waals surface area (Å²) in [6, 6.07) is 4.16. The van der Waals surface area contributed by atoms with Gasteiger partial charge in [0.05, 0.1) is 5.56 Å². The lowest BCUT2D eigenvalue weighted by atomic mass is 10.1. The molecule has 0 nitrogen and oxygen atoms in total. The van der Waals surface area contributed by atoms with E-state index in [1.54, 1.807) is 0 Å². The highest BCUT2D eigenvalue weighted by atomic mass is 19.4. The Morgan fingerprint density at radius 3 is 2.14 bits per heavy atom. The van der Waals surface area contributed by atoms with Gasteiger partial charge in [0, 0.05) is 6.08 Å².